The van der Waals surface area contributed by atoms with Crippen LogP contribution in [0.4, 0.5) is 10.5 Å². The van der Waals surface area contributed by atoms with E-state index in [-0.39, 0.29) is 23.2 Å². The highest BCUT2D eigenvalue weighted by Crippen LogP contribution is 2.40. The number of hydrogen-bond acceptors (Lipinski definition) is 4. The molecule has 0 spiro atoms. The fourth-order valence-corrected chi connectivity index (χ4v) is 5.39. The van der Waals surface area contributed by atoms with Crippen molar-refractivity contribution >= 4 is 51.8 Å². The first-order valence-corrected chi connectivity index (χ1v) is 11.5. The summed E-state index contributed by atoms with van der Waals surface area (Å²) in [6, 6.07) is 13.5. The van der Waals surface area contributed by atoms with Gasteiger partial charge in [-0.3, -0.25) is 14.5 Å². The quantitative estimate of drug-likeness (QED) is 0.490. The fraction of sp³-hybridized carbons (Fsp3) is 0.280. The number of nitrogens with zero attached hydrogens (tertiary/aromatic N) is 2. The monoisotopic (exact) mass is 452 g/mol. The summed E-state index contributed by atoms with van der Waals surface area (Å²) in [5.74, 6) is -0.281. The molecule has 0 saturated carbocycles. The number of allylic oxidation sites excluding steroid dienone is 1. The zero-order valence-electron chi connectivity index (χ0n) is 18.1. The molecule has 4 nitrogen and oxygen atoms in total. The van der Waals surface area contributed by atoms with Crippen molar-refractivity contribution in [1.29, 1.82) is 0 Å². The van der Waals surface area contributed by atoms with Crippen LogP contribution in [0.5, 0.6) is 0 Å². The predicted octanol–water partition coefficient (Wildman–Crippen LogP) is 6.60. The Balaban J connectivity index is 1.63. The Morgan fingerprint density at radius 3 is 2.58 bits per heavy atom. The van der Waals surface area contributed by atoms with E-state index < -0.39 is 0 Å². The number of fused-ring (bicyclic) bond motifs is 1. The minimum atomic E-state index is -0.281. The molecular formula is C25H25ClN2O2S. The lowest BCUT2D eigenvalue weighted by Gasteiger charge is -2.42. The molecule has 0 N–H and O–H groups in total. The van der Waals surface area contributed by atoms with E-state index in [0.29, 0.717) is 9.93 Å². The summed E-state index contributed by atoms with van der Waals surface area (Å²) >= 11 is 7.18. The second kappa shape index (κ2) is 8.21. The second-order valence-electron chi connectivity index (χ2n) is 8.36. The van der Waals surface area contributed by atoms with Gasteiger partial charge in [0.15, 0.2) is 0 Å². The van der Waals surface area contributed by atoms with Gasteiger partial charge < -0.3 is 4.90 Å². The number of likely N-dealkylation sites (N-methyl/N-ethyl adjacent to an activating group) is 1. The third-order valence-electron chi connectivity index (χ3n) is 5.78. The van der Waals surface area contributed by atoms with Crippen molar-refractivity contribution in [1.82, 2.24) is 4.90 Å². The van der Waals surface area contributed by atoms with Crippen LogP contribution in [0.2, 0.25) is 5.02 Å². The summed E-state index contributed by atoms with van der Waals surface area (Å²) in [6.45, 7) is 9.79. The summed E-state index contributed by atoms with van der Waals surface area (Å²) in [4.78, 5) is 29.5. The molecule has 0 radical (unpaired) electrons. The highest BCUT2D eigenvalue weighted by molar-refractivity contribution is 8.18. The molecule has 1 fully saturated rings. The number of amides is 2. The Kier molecular flexibility index (Phi) is 5.75. The van der Waals surface area contributed by atoms with E-state index in [2.05, 4.69) is 50.8 Å². The molecule has 0 atom stereocenters. The lowest BCUT2D eigenvalue weighted by molar-refractivity contribution is -0.123. The van der Waals surface area contributed by atoms with Crippen LogP contribution in [0.25, 0.3) is 11.6 Å². The molecule has 2 aromatic carbocycles. The highest BCUT2D eigenvalue weighted by atomic mass is 35.5. The van der Waals surface area contributed by atoms with Crippen molar-refractivity contribution in [2.24, 2.45) is 0 Å². The van der Waals surface area contributed by atoms with E-state index >= 15 is 0 Å². The van der Waals surface area contributed by atoms with Gasteiger partial charge in [0.25, 0.3) is 11.1 Å². The smallest absolute Gasteiger partial charge is 0.293 e. The molecule has 0 unspecified atom stereocenters. The molecule has 2 aromatic rings. The van der Waals surface area contributed by atoms with E-state index in [1.165, 1.54) is 16.2 Å². The first kappa shape index (κ1) is 21.7. The van der Waals surface area contributed by atoms with Crippen molar-refractivity contribution in [3.63, 3.8) is 0 Å². The highest BCUT2D eigenvalue weighted by Gasteiger charge is 2.35. The number of rotatable bonds is 4. The SMILES string of the molecule is CCN1c2ccc(/C=C3/SC(=O)N(Cc4ccccc4Cl)C3=O)cc2C(C)=CC1(C)C. The van der Waals surface area contributed by atoms with Crippen molar-refractivity contribution in [2.75, 3.05) is 11.4 Å². The van der Waals surface area contributed by atoms with Gasteiger partial charge in [-0.05, 0) is 80.4 Å². The van der Waals surface area contributed by atoms with Gasteiger partial charge in [0, 0.05) is 22.8 Å². The van der Waals surface area contributed by atoms with Gasteiger partial charge in [-0.1, -0.05) is 41.9 Å². The molecule has 0 aromatic heterocycles. The van der Waals surface area contributed by atoms with Crippen LogP contribution >= 0.6 is 23.4 Å². The maximum atomic E-state index is 12.9. The van der Waals surface area contributed by atoms with Gasteiger partial charge >= 0.3 is 0 Å². The summed E-state index contributed by atoms with van der Waals surface area (Å²) in [5.41, 5.74) is 5.18. The minimum absolute atomic E-state index is 0.0469. The average molecular weight is 453 g/mol. The number of carbonyl (C=O) groups excluding carboxylic acids is 2. The van der Waals surface area contributed by atoms with E-state index in [0.717, 1.165) is 35.0 Å². The molecule has 31 heavy (non-hydrogen) atoms. The molecule has 0 aliphatic carbocycles. The largest absolute Gasteiger partial charge is 0.363 e. The van der Waals surface area contributed by atoms with E-state index in [4.69, 9.17) is 11.6 Å². The third kappa shape index (κ3) is 4.04. The lowest BCUT2D eigenvalue weighted by Crippen LogP contribution is -2.44. The number of thioether (sulfide) groups is 1. The zero-order chi connectivity index (χ0) is 22.3. The molecule has 2 aliphatic heterocycles. The van der Waals surface area contributed by atoms with Crippen molar-refractivity contribution in [3.8, 4) is 0 Å². The van der Waals surface area contributed by atoms with Crippen LogP contribution in [-0.4, -0.2) is 28.1 Å². The van der Waals surface area contributed by atoms with Crippen LogP contribution in [0, 0.1) is 0 Å². The van der Waals surface area contributed by atoms with Gasteiger partial charge in [0.1, 0.15) is 0 Å². The van der Waals surface area contributed by atoms with Gasteiger partial charge in [-0.2, -0.15) is 0 Å². The van der Waals surface area contributed by atoms with Gasteiger partial charge in [0.2, 0.25) is 0 Å². The molecule has 1 saturated heterocycles. The summed E-state index contributed by atoms with van der Waals surface area (Å²) < 4.78 is 0. The van der Waals surface area contributed by atoms with Crippen LogP contribution in [0.3, 0.4) is 0 Å². The van der Waals surface area contributed by atoms with Crippen LogP contribution in [0.1, 0.15) is 44.4 Å². The van der Waals surface area contributed by atoms with E-state index in [1.54, 1.807) is 12.1 Å². The van der Waals surface area contributed by atoms with Crippen LogP contribution in [-0.2, 0) is 11.3 Å². The van der Waals surface area contributed by atoms with E-state index in [9.17, 15) is 9.59 Å². The Morgan fingerprint density at radius 2 is 1.87 bits per heavy atom. The standard InChI is InChI=1S/C25H25ClN2O2S/c1-5-28-21-11-10-17(12-19(21)16(2)14-25(28,3)4)13-22-23(29)27(24(30)31-22)15-18-8-6-7-9-20(18)26/h6-14H,5,15H2,1-4H3/b22-13+. The van der Waals surface area contributed by atoms with Gasteiger partial charge in [-0.25, -0.2) is 0 Å². The summed E-state index contributed by atoms with van der Waals surface area (Å²) in [6.07, 6.45) is 4.08. The number of benzene rings is 2. The van der Waals surface area contributed by atoms with Crippen molar-refractivity contribution < 1.29 is 9.59 Å². The van der Waals surface area contributed by atoms with Crippen LogP contribution < -0.4 is 4.90 Å². The van der Waals surface area contributed by atoms with Crippen LogP contribution in [0.15, 0.2) is 53.4 Å². The maximum absolute atomic E-state index is 12.9. The molecular weight excluding hydrogens is 428 g/mol. The number of anilines is 1. The zero-order valence-corrected chi connectivity index (χ0v) is 19.7. The summed E-state index contributed by atoms with van der Waals surface area (Å²) in [5, 5.41) is 0.273. The third-order valence-corrected chi connectivity index (χ3v) is 7.05. The lowest BCUT2D eigenvalue weighted by atomic mass is 9.88. The molecule has 2 aliphatic rings. The topological polar surface area (TPSA) is 40.6 Å². The maximum Gasteiger partial charge on any atom is 0.293 e. The Bertz CT molecular complexity index is 1140. The first-order chi connectivity index (χ1) is 14.7. The molecule has 0 bridgehead atoms. The fourth-order valence-electron chi connectivity index (χ4n) is 4.35. The molecule has 160 valence electrons. The Morgan fingerprint density at radius 1 is 1.13 bits per heavy atom. The van der Waals surface area contributed by atoms with Crippen molar-refractivity contribution in [2.45, 2.75) is 39.8 Å². The molecule has 4 rings (SSSR count). The Labute approximate surface area is 192 Å². The molecule has 6 heteroatoms. The predicted molar refractivity (Wildman–Crippen MR) is 130 cm³/mol. The summed E-state index contributed by atoms with van der Waals surface area (Å²) in [7, 11) is 0. The van der Waals surface area contributed by atoms with Gasteiger partial charge in [-0.15, -0.1) is 0 Å². The normalized spacial score (nSPS) is 19.1. The number of hydrogen-bond donors (Lipinski definition) is 0. The van der Waals surface area contributed by atoms with Crippen molar-refractivity contribution in [3.05, 3.63) is 75.2 Å². The number of carbonyl (C=O) groups is 2. The second-order valence-corrected chi connectivity index (χ2v) is 9.76. The molecule has 2 amide bonds. The average Bonchev–Trinajstić information content (AvgIpc) is 2.97. The minimum Gasteiger partial charge on any atom is -0.363 e. The van der Waals surface area contributed by atoms with Gasteiger partial charge in [0.05, 0.1) is 17.0 Å². The number of imide groups is 1. The van der Waals surface area contributed by atoms with E-state index in [1.807, 2.05) is 24.3 Å². The molecule has 2 heterocycles. The number of halogens is 1. The first-order valence-electron chi connectivity index (χ1n) is 10.3. The Hall–Kier alpha value is -2.50.